The Labute approximate surface area is 112 Å². The van der Waals surface area contributed by atoms with Crippen molar-refractivity contribution in [1.82, 2.24) is 0 Å². The van der Waals surface area contributed by atoms with Crippen LogP contribution in [-0.4, -0.2) is 25.0 Å². The fourth-order valence-corrected chi connectivity index (χ4v) is 1.53. The number of ether oxygens (including phenoxy) is 1. The fraction of sp³-hybridized carbons (Fsp3) is 0.385. The van der Waals surface area contributed by atoms with Crippen molar-refractivity contribution >= 4 is 17.5 Å². The molecule has 2 amide bonds. The third-order valence-electron chi connectivity index (χ3n) is 2.58. The number of hydrogen-bond acceptors (Lipinski definition) is 4. The smallest absolute Gasteiger partial charge is 0.248 e. The summed E-state index contributed by atoms with van der Waals surface area (Å²) in [5.74, 6) is -0.273. The molecule has 5 N–H and O–H groups in total. The Morgan fingerprint density at radius 1 is 1.42 bits per heavy atom. The molecule has 0 aliphatic rings. The van der Waals surface area contributed by atoms with Crippen molar-refractivity contribution in [2.24, 2.45) is 11.5 Å². The Morgan fingerprint density at radius 3 is 2.63 bits per heavy atom. The first-order valence-electron chi connectivity index (χ1n) is 5.97. The zero-order valence-electron chi connectivity index (χ0n) is 11.1. The van der Waals surface area contributed by atoms with E-state index in [1.807, 2.05) is 6.92 Å². The molecule has 19 heavy (non-hydrogen) atoms. The topological polar surface area (TPSA) is 107 Å². The number of nitrogens with two attached hydrogens (primary N) is 2. The highest BCUT2D eigenvalue weighted by Gasteiger charge is 2.11. The highest BCUT2D eigenvalue weighted by atomic mass is 16.5. The Morgan fingerprint density at radius 2 is 2.11 bits per heavy atom. The van der Waals surface area contributed by atoms with Crippen LogP contribution in [0.15, 0.2) is 18.2 Å². The van der Waals surface area contributed by atoms with Crippen LogP contribution in [-0.2, 0) is 4.79 Å². The van der Waals surface area contributed by atoms with Crippen LogP contribution in [0.5, 0.6) is 5.75 Å². The second-order valence-electron chi connectivity index (χ2n) is 4.34. The maximum absolute atomic E-state index is 11.7. The predicted molar refractivity (Wildman–Crippen MR) is 73.0 cm³/mol. The molecule has 0 aliphatic heterocycles. The van der Waals surface area contributed by atoms with Crippen LogP contribution < -0.4 is 21.5 Å². The maximum atomic E-state index is 11.7. The molecular weight excluding hydrogens is 246 g/mol. The van der Waals surface area contributed by atoms with E-state index in [2.05, 4.69) is 5.32 Å². The first-order valence-corrected chi connectivity index (χ1v) is 5.97. The molecule has 6 heteroatoms. The minimum Gasteiger partial charge on any atom is -0.495 e. The molecule has 0 bridgehead atoms. The molecule has 1 aromatic rings. The van der Waals surface area contributed by atoms with Gasteiger partial charge in [0.2, 0.25) is 11.8 Å². The van der Waals surface area contributed by atoms with Crippen molar-refractivity contribution in [2.45, 2.75) is 25.8 Å². The summed E-state index contributed by atoms with van der Waals surface area (Å²) in [5, 5.41) is 2.68. The van der Waals surface area contributed by atoms with Gasteiger partial charge in [0.25, 0.3) is 0 Å². The van der Waals surface area contributed by atoms with Crippen molar-refractivity contribution < 1.29 is 14.3 Å². The number of hydrogen-bond donors (Lipinski definition) is 3. The van der Waals surface area contributed by atoms with E-state index in [1.54, 1.807) is 12.1 Å². The number of benzene rings is 1. The fourth-order valence-electron chi connectivity index (χ4n) is 1.53. The number of nitrogens with one attached hydrogen (secondary N) is 1. The molecule has 1 unspecified atom stereocenters. The van der Waals surface area contributed by atoms with E-state index >= 15 is 0 Å². The molecule has 0 saturated carbocycles. The van der Waals surface area contributed by atoms with Crippen LogP contribution in [0.4, 0.5) is 5.69 Å². The number of amides is 2. The number of rotatable bonds is 6. The van der Waals surface area contributed by atoms with Gasteiger partial charge in [-0.1, -0.05) is 0 Å². The van der Waals surface area contributed by atoms with Crippen LogP contribution in [0.1, 0.15) is 30.1 Å². The second kappa shape index (κ2) is 6.75. The second-order valence-corrected chi connectivity index (χ2v) is 4.34. The van der Waals surface area contributed by atoms with E-state index in [9.17, 15) is 9.59 Å². The minimum atomic E-state index is -0.561. The molecule has 0 aromatic heterocycles. The number of primary amides is 1. The summed E-state index contributed by atoms with van der Waals surface area (Å²) in [6, 6.07) is 4.58. The van der Waals surface area contributed by atoms with Crippen molar-refractivity contribution in [2.75, 3.05) is 12.4 Å². The van der Waals surface area contributed by atoms with Gasteiger partial charge in [0.15, 0.2) is 0 Å². The monoisotopic (exact) mass is 265 g/mol. The van der Waals surface area contributed by atoms with Crippen LogP contribution in [0.25, 0.3) is 0 Å². The summed E-state index contributed by atoms with van der Waals surface area (Å²) in [7, 11) is 1.48. The lowest BCUT2D eigenvalue weighted by Gasteiger charge is -2.11. The predicted octanol–water partition coefficient (Wildman–Crippen LogP) is 0.860. The summed E-state index contributed by atoms with van der Waals surface area (Å²) in [6.45, 7) is 1.83. The molecular formula is C13H19N3O3. The van der Waals surface area contributed by atoms with Crippen molar-refractivity contribution in [3.05, 3.63) is 23.8 Å². The Balaban J connectivity index is 2.82. The van der Waals surface area contributed by atoms with E-state index < -0.39 is 5.91 Å². The molecule has 1 aromatic carbocycles. The van der Waals surface area contributed by atoms with E-state index in [4.69, 9.17) is 16.2 Å². The van der Waals surface area contributed by atoms with Gasteiger partial charge in [-0.3, -0.25) is 9.59 Å². The lowest BCUT2D eigenvalue weighted by molar-refractivity contribution is -0.116. The molecule has 0 heterocycles. The van der Waals surface area contributed by atoms with E-state index in [-0.39, 0.29) is 11.9 Å². The third-order valence-corrected chi connectivity index (χ3v) is 2.58. The summed E-state index contributed by atoms with van der Waals surface area (Å²) in [5.41, 5.74) is 11.5. The van der Waals surface area contributed by atoms with Crippen LogP contribution in [0.2, 0.25) is 0 Å². The SMILES string of the molecule is COc1ccc(C(N)=O)cc1NC(=O)CCC(C)N. The first-order chi connectivity index (χ1) is 8.93. The van der Waals surface area contributed by atoms with Gasteiger partial charge in [0.05, 0.1) is 12.8 Å². The Hall–Kier alpha value is -2.08. The Bertz CT molecular complexity index is 472. The quantitative estimate of drug-likeness (QED) is 0.709. The zero-order chi connectivity index (χ0) is 14.4. The highest BCUT2D eigenvalue weighted by molar-refractivity contribution is 5.97. The molecule has 104 valence electrons. The highest BCUT2D eigenvalue weighted by Crippen LogP contribution is 2.25. The molecule has 0 saturated heterocycles. The number of methoxy groups -OCH3 is 1. The average Bonchev–Trinajstić information content (AvgIpc) is 2.36. The summed E-state index contributed by atoms with van der Waals surface area (Å²) in [4.78, 5) is 22.8. The van der Waals surface area contributed by atoms with Gasteiger partial charge in [0.1, 0.15) is 5.75 Å². The maximum Gasteiger partial charge on any atom is 0.248 e. The molecule has 0 spiro atoms. The number of carbonyl (C=O) groups excluding carboxylic acids is 2. The molecule has 0 aliphatic carbocycles. The van der Waals surface area contributed by atoms with E-state index in [1.165, 1.54) is 13.2 Å². The summed E-state index contributed by atoms with van der Waals surface area (Å²) >= 11 is 0. The number of anilines is 1. The van der Waals surface area contributed by atoms with Gasteiger partial charge in [-0.25, -0.2) is 0 Å². The molecule has 6 nitrogen and oxygen atoms in total. The first kappa shape index (κ1) is 15.0. The molecule has 0 fully saturated rings. The Kier molecular flexibility index (Phi) is 5.32. The van der Waals surface area contributed by atoms with Crippen molar-refractivity contribution in [1.29, 1.82) is 0 Å². The third kappa shape index (κ3) is 4.59. The zero-order valence-corrected chi connectivity index (χ0v) is 11.1. The van der Waals surface area contributed by atoms with Gasteiger partial charge in [-0.05, 0) is 31.5 Å². The number of carbonyl (C=O) groups is 2. The van der Waals surface area contributed by atoms with Crippen molar-refractivity contribution in [3.63, 3.8) is 0 Å². The largest absolute Gasteiger partial charge is 0.495 e. The van der Waals surface area contributed by atoms with Crippen LogP contribution >= 0.6 is 0 Å². The van der Waals surface area contributed by atoms with E-state index in [0.717, 1.165) is 0 Å². The summed E-state index contributed by atoms with van der Waals surface area (Å²) in [6.07, 6.45) is 0.894. The normalized spacial score (nSPS) is 11.7. The molecule has 1 atom stereocenters. The average molecular weight is 265 g/mol. The molecule has 1 rings (SSSR count). The van der Waals surface area contributed by atoms with Gasteiger partial charge < -0.3 is 21.5 Å². The van der Waals surface area contributed by atoms with Gasteiger partial charge >= 0.3 is 0 Å². The van der Waals surface area contributed by atoms with Crippen molar-refractivity contribution in [3.8, 4) is 5.75 Å². The van der Waals surface area contributed by atoms with Gasteiger partial charge in [-0.15, -0.1) is 0 Å². The minimum absolute atomic E-state index is 0.0374. The van der Waals surface area contributed by atoms with Gasteiger partial charge in [-0.2, -0.15) is 0 Å². The lowest BCUT2D eigenvalue weighted by Crippen LogP contribution is -2.20. The lowest BCUT2D eigenvalue weighted by atomic mass is 10.1. The molecule has 0 radical (unpaired) electrons. The van der Waals surface area contributed by atoms with E-state index in [0.29, 0.717) is 29.8 Å². The summed E-state index contributed by atoms with van der Waals surface area (Å²) < 4.78 is 5.12. The van der Waals surface area contributed by atoms with Gasteiger partial charge in [0, 0.05) is 18.0 Å². The van der Waals surface area contributed by atoms with Crippen LogP contribution in [0.3, 0.4) is 0 Å². The standard InChI is InChI=1S/C13H19N3O3/c1-8(14)3-6-12(17)16-10-7-9(13(15)18)4-5-11(10)19-2/h4-5,7-8H,3,6,14H2,1-2H3,(H2,15,18)(H,16,17). The van der Waals surface area contributed by atoms with Crippen LogP contribution in [0, 0.1) is 0 Å².